The van der Waals surface area contributed by atoms with E-state index in [1.54, 1.807) is 7.11 Å². The van der Waals surface area contributed by atoms with Crippen molar-refractivity contribution in [2.24, 2.45) is 0 Å². The molecule has 2 unspecified atom stereocenters. The first-order valence-corrected chi connectivity index (χ1v) is 9.33. The van der Waals surface area contributed by atoms with Crippen LogP contribution in [0.5, 0.6) is 11.5 Å². The average Bonchev–Trinajstić information content (AvgIpc) is 2.64. The molecule has 0 spiro atoms. The maximum absolute atomic E-state index is 9.83. The smallest absolute Gasteiger partial charge is 0.161 e. The molecule has 0 aromatic heterocycles. The molecule has 1 aromatic carbocycles. The van der Waals surface area contributed by atoms with Gasteiger partial charge in [0, 0.05) is 25.7 Å². The largest absolute Gasteiger partial charge is 0.493 e. The Morgan fingerprint density at radius 2 is 2.08 bits per heavy atom. The Kier molecular flexibility index (Phi) is 7.54. The number of nitrogens with zero attached hydrogens (tertiary/aromatic N) is 3. The Balaban J connectivity index is 2.19. The molecule has 5 nitrogen and oxygen atoms in total. The molecular weight excluding hydrogens is 314 g/mol. The zero-order valence-electron chi connectivity index (χ0n) is 16.0. The Bertz CT molecular complexity index is 585. The number of unbranched alkanes of at least 4 members (excludes halogenated alkanes) is 1. The van der Waals surface area contributed by atoms with Crippen molar-refractivity contribution in [1.29, 1.82) is 5.26 Å². The van der Waals surface area contributed by atoms with Crippen LogP contribution < -0.4 is 9.47 Å². The van der Waals surface area contributed by atoms with Crippen LogP contribution in [0.1, 0.15) is 45.2 Å². The molecular formula is C20H31N3O2. The second kappa shape index (κ2) is 9.65. The van der Waals surface area contributed by atoms with Crippen molar-refractivity contribution in [3.63, 3.8) is 0 Å². The highest BCUT2D eigenvalue weighted by Crippen LogP contribution is 2.33. The lowest BCUT2D eigenvalue weighted by molar-refractivity contribution is 0.0682. The number of hydrogen-bond acceptors (Lipinski definition) is 5. The van der Waals surface area contributed by atoms with Crippen LogP contribution in [-0.4, -0.2) is 55.7 Å². The van der Waals surface area contributed by atoms with Crippen LogP contribution in [0.15, 0.2) is 18.2 Å². The van der Waals surface area contributed by atoms with Crippen LogP contribution in [0.3, 0.4) is 0 Å². The molecule has 0 radical (unpaired) electrons. The number of rotatable bonds is 8. The fourth-order valence-corrected chi connectivity index (χ4v) is 3.36. The van der Waals surface area contributed by atoms with E-state index < -0.39 is 0 Å². The summed E-state index contributed by atoms with van der Waals surface area (Å²) in [6.45, 7) is 11.2. The maximum atomic E-state index is 9.83. The molecule has 1 aromatic rings. The van der Waals surface area contributed by atoms with Crippen LogP contribution >= 0.6 is 0 Å². The lowest BCUT2D eigenvalue weighted by Gasteiger charge is -2.41. The topological polar surface area (TPSA) is 48.7 Å². The van der Waals surface area contributed by atoms with Gasteiger partial charge in [-0.15, -0.1) is 0 Å². The molecule has 0 N–H and O–H groups in total. The van der Waals surface area contributed by atoms with Gasteiger partial charge in [-0.05, 0) is 37.6 Å². The average molecular weight is 345 g/mol. The summed E-state index contributed by atoms with van der Waals surface area (Å²) in [5.41, 5.74) is 0.978. The first kappa shape index (κ1) is 19.6. The van der Waals surface area contributed by atoms with Gasteiger partial charge in [0.05, 0.1) is 19.8 Å². The fraction of sp³-hybridized carbons (Fsp3) is 0.650. The summed E-state index contributed by atoms with van der Waals surface area (Å²) in [5.74, 6) is 1.45. The summed E-state index contributed by atoms with van der Waals surface area (Å²) in [7, 11) is 1.65. The van der Waals surface area contributed by atoms with E-state index in [-0.39, 0.29) is 6.04 Å². The summed E-state index contributed by atoms with van der Waals surface area (Å²) >= 11 is 0. The zero-order valence-corrected chi connectivity index (χ0v) is 16.0. The molecule has 1 fully saturated rings. The number of ether oxygens (including phenoxy) is 2. The quantitative estimate of drug-likeness (QED) is 0.675. The van der Waals surface area contributed by atoms with Crippen molar-refractivity contribution < 1.29 is 9.47 Å². The number of likely N-dealkylation sites (N-methyl/N-ethyl adjacent to an activating group) is 1. The molecule has 138 valence electrons. The van der Waals surface area contributed by atoms with Crippen molar-refractivity contribution in [2.75, 3.05) is 39.9 Å². The maximum Gasteiger partial charge on any atom is 0.161 e. The summed E-state index contributed by atoms with van der Waals surface area (Å²) in [6, 6.07) is 8.46. The first-order valence-electron chi connectivity index (χ1n) is 9.33. The highest BCUT2D eigenvalue weighted by molar-refractivity contribution is 5.45. The van der Waals surface area contributed by atoms with E-state index >= 15 is 0 Å². The lowest BCUT2D eigenvalue weighted by Crippen LogP contribution is -2.52. The number of methoxy groups -OCH3 is 1. The summed E-state index contributed by atoms with van der Waals surface area (Å²) < 4.78 is 11.3. The van der Waals surface area contributed by atoms with Gasteiger partial charge in [-0.1, -0.05) is 26.3 Å². The van der Waals surface area contributed by atoms with Crippen molar-refractivity contribution in [3.05, 3.63) is 23.8 Å². The summed E-state index contributed by atoms with van der Waals surface area (Å²) in [4.78, 5) is 4.73. The van der Waals surface area contributed by atoms with E-state index in [2.05, 4.69) is 36.6 Å². The lowest BCUT2D eigenvalue weighted by atomic mass is 10.0. The molecule has 25 heavy (non-hydrogen) atoms. The highest BCUT2D eigenvalue weighted by Gasteiger charge is 2.30. The molecule has 1 aliphatic heterocycles. The Labute approximate surface area is 152 Å². The van der Waals surface area contributed by atoms with Gasteiger partial charge in [-0.25, -0.2) is 0 Å². The van der Waals surface area contributed by atoms with Crippen molar-refractivity contribution >= 4 is 0 Å². The number of benzene rings is 1. The Morgan fingerprint density at radius 1 is 1.28 bits per heavy atom. The molecule has 1 aliphatic rings. The van der Waals surface area contributed by atoms with Gasteiger partial charge in [0.1, 0.15) is 6.04 Å². The van der Waals surface area contributed by atoms with E-state index in [0.717, 1.165) is 56.1 Å². The SMILES string of the molecule is CCCCOc1cc(C(C#N)N2CCN(CC)CC2C)ccc1OC. The van der Waals surface area contributed by atoms with E-state index in [9.17, 15) is 5.26 Å². The van der Waals surface area contributed by atoms with E-state index in [1.165, 1.54) is 0 Å². The van der Waals surface area contributed by atoms with E-state index in [0.29, 0.717) is 12.6 Å². The van der Waals surface area contributed by atoms with Crippen molar-refractivity contribution in [3.8, 4) is 17.6 Å². The molecule has 2 rings (SSSR count). The summed E-state index contributed by atoms with van der Waals surface area (Å²) in [6.07, 6.45) is 2.09. The standard InChI is InChI=1S/C20H31N3O2/c1-5-7-12-25-20-13-17(8-9-19(20)24-4)18(14-21)23-11-10-22(6-2)15-16(23)3/h8-9,13,16,18H,5-7,10-12,15H2,1-4H3. The van der Waals surface area contributed by atoms with Gasteiger partial charge in [-0.3, -0.25) is 4.90 Å². The number of piperazine rings is 1. The molecule has 0 aliphatic carbocycles. The highest BCUT2D eigenvalue weighted by atomic mass is 16.5. The van der Waals surface area contributed by atoms with Crippen LogP contribution in [0.2, 0.25) is 0 Å². The van der Waals surface area contributed by atoms with Crippen molar-refractivity contribution in [1.82, 2.24) is 9.80 Å². The van der Waals surface area contributed by atoms with Gasteiger partial charge in [0.15, 0.2) is 11.5 Å². The van der Waals surface area contributed by atoms with Gasteiger partial charge < -0.3 is 14.4 Å². The van der Waals surface area contributed by atoms with Crippen molar-refractivity contribution in [2.45, 2.75) is 45.7 Å². The third-order valence-corrected chi connectivity index (χ3v) is 4.92. The molecule has 1 heterocycles. The van der Waals surface area contributed by atoms with Gasteiger partial charge in [-0.2, -0.15) is 5.26 Å². The molecule has 2 atom stereocenters. The van der Waals surface area contributed by atoms with Crippen LogP contribution in [0.25, 0.3) is 0 Å². The van der Waals surface area contributed by atoms with Crippen LogP contribution in [0, 0.1) is 11.3 Å². The minimum atomic E-state index is -0.256. The van der Waals surface area contributed by atoms with Gasteiger partial charge in [0.25, 0.3) is 0 Å². The second-order valence-corrected chi connectivity index (χ2v) is 6.62. The van der Waals surface area contributed by atoms with Crippen LogP contribution in [-0.2, 0) is 0 Å². The monoisotopic (exact) mass is 345 g/mol. The molecule has 5 heteroatoms. The Morgan fingerprint density at radius 3 is 2.68 bits per heavy atom. The molecule has 0 amide bonds. The number of nitriles is 1. The normalized spacial score (nSPS) is 20.0. The molecule has 1 saturated heterocycles. The number of hydrogen-bond donors (Lipinski definition) is 0. The third kappa shape index (κ3) is 4.87. The van der Waals surface area contributed by atoms with E-state index in [1.807, 2.05) is 18.2 Å². The van der Waals surface area contributed by atoms with Crippen LogP contribution in [0.4, 0.5) is 0 Å². The zero-order chi connectivity index (χ0) is 18.2. The second-order valence-electron chi connectivity index (χ2n) is 6.62. The van der Waals surface area contributed by atoms with Gasteiger partial charge in [0.2, 0.25) is 0 Å². The van der Waals surface area contributed by atoms with E-state index in [4.69, 9.17) is 9.47 Å². The van der Waals surface area contributed by atoms with Gasteiger partial charge >= 0.3 is 0 Å². The molecule has 0 bridgehead atoms. The summed E-state index contributed by atoms with van der Waals surface area (Å²) in [5, 5.41) is 9.83. The Hall–Kier alpha value is -1.77. The minimum Gasteiger partial charge on any atom is -0.493 e. The predicted molar refractivity (Wildman–Crippen MR) is 100 cm³/mol. The third-order valence-electron chi connectivity index (χ3n) is 4.92. The predicted octanol–water partition coefficient (Wildman–Crippen LogP) is 3.46. The fourth-order valence-electron chi connectivity index (χ4n) is 3.36. The minimum absolute atomic E-state index is 0.256. The molecule has 0 saturated carbocycles. The first-order chi connectivity index (χ1) is 12.1.